The third kappa shape index (κ3) is 3.84. The zero-order valence-electron chi connectivity index (χ0n) is 12.7. The molecular weight excluding hydrogens is 300 g/mol. The summed E-state index contributed by atoms with van der Waals surface area (Å²) in [7, 11) is 0. The molecule has 0 bridgehead atoms. The number of likely N-dealkylation sites (N-methyl/N-ethyl adjacent to an activating group) is 1. The molecule has 0 radical (unpaired) electrons. The number of aliphatic hydroxyl groups excluding tert-OH is 1. The number of rotatable bonds is 5. The molecule has 0 saturated heterocycles. The lowest BCUT2D eigenvalue weighted by atomic mass is 10.1. The van der Waals surface area contributed by atoms with Crippen molar-refractivity contribution in [1.29, 1.82) is 0 Å². The first-order valence-corrected chi connectivity index (χ1v) is 7.54. The molecule has 0 spiro atoms. The van der Waals surface area contributed by atoms with Gasteiger partial charge in [0.05, 0.1) is 23.2 Å². The second-order valence-electron chi connectivity index (χ2n) is 5.13. The van der Waals surface area contributed by atoms with E-state index in [9.17, 15) is 9.90 Å². The first-order valence-electron chi connectivity index (χ1n) is 7.16. The molecule has 0 saturated carbocycles. The SMILES string of the molecule is CCN(CC(O)c1ccc(C)cc1)C(=O)c1ccncc1Cl. The zero-order valence-corrected chi connectivity index (χ0v) is 13.4. The lowest BCUT2D eigenvalue weighted by Gasteiger charge is -2.24. The lowest BCUT2D eigenvalue weighted by Crippen LogP contribution is -2.34. The minimum Gasteiger partial charge on any atom is -0.387 e. The Balaban J connectivity index is 2.13. The number of hydrogen-bond acceptors (Lipinski definition) is 3. The number of nitrogens with zero attached hydrogens (tertiary/aromatic N) is 2. The van der Waals surface area contributed by atoms with Gasteiger partial charge in [-0.05, 0) is 25.5 Å². The third-order valence-corrected chi connectivity index (χ3v) is 3.83. The number of benzene rings is 1. The first-order chi connectivity index (χ1) is 10.5. The highest BCUT2D eigenvalue weighted by molar-refractivity contribution is 6.33. The van der Waals surface area contributed by atoms with Crippen molar-refractivity contribution < 1.29 is 9.90 Å². The van der Waals surface area contributed by atoms with Crippen molar-refractivity contribution in [1.82, 2.24) is 9.88 Å². The molecule has 0 aliphatic rings. The highest BCUT2D eigenvalue weighted by Crippen LogP contribution is 2.19. The van der Waals surface area contributed by atoms with Gasteiger partial charge in [-0.2, -0.15) is 0 Å². The van der Waals surface area contributed by atoms with Crippen LogP contribution in [0, 0.1) is 6.92 Å². The van der Waals surface area contributed by atoms with Crippen LogP contribution in [-0.4, -0.2) is 34.0 Å². The molecule has 1 amide bonds. The van der Waals surface area contributed by atoms with Gasteiger partial charge < -0.3 is 10.0 Å². The van der Waals surface area contributed by atoms with Gasteiger partial charge in [-0.1, -0.05) is 41.4 Å². The van der Waals surface area contributed by atoms with Crippen LogP contribution in [0.5, 0.6) is 0 Å². The van der Waals surface area contributed by atoms with Gasteiger partial charge in [-0.3, -0.25) is 9.78 Å². The van der Waals surface area contributed by atoms with Gasteiger partial charge in [-0.15, -0.1) is 0 Å². The molecule has 1 atom stereocenters. The number of carbonyl (C=O) groups is 1. The summed E-state index contributed by atoms with van der Waals surface area (Å²) in [4.78, 5) is 18.0. The molecule has 116 valence electrons. The van der Waals surface area contributed by atoms with Crippen LogP contribution in [0.15, 0.2) is 42.7 Å². The van der Waals surface area contributed by atoms with E-state index < -0.39 is 6.10 Å². The molecule has 0 fully saturated rings. The summed E-state index contributed by atoms with van der Waals surface area (Å²) in [6.07, 6.45) is 2.24. The van der Waals surface area contributed by atoms with Gasteiger partial charge >= 0.3 is 0 Å². The van der Waals surface area contributed by atoms with E-state index in [-0.39, 0.29) is 12.5 Å². The topological polar surface area (TPSA) is 53.4 Å². The summed E-state index contributed by atoms with van der Waals surface area (Å²) >= 11 is 6.02. The minimum absolute atomic E-state index is 0.207. The average molecular weight is 319 g/mol. The van der Waals surface area contributed by atoms with Crippen LogP contribution in [0.1, 0.15) is 34.5 Å². The Morgan fingerprint density at radius 3 is 2.59 bits per heavy atom. The van der Waals surface area contributed by atoms with Crippen molar-refractivity contribution in [3.63, 3.8) is 0 Å². The van der Waals surface area contributed by atoms with E-state index in [1.54, 1.807) is 11.0 Å². The highest BCUT2D eigenvalue weighted by Gasteiger charge is 2.20. The lowest BCUT2D eigenvalue weighted by molar-refractivity contribution is 0.0635. The molecular formula is C17H19ClN2O2. The molecule has 1 unspecified atom stereocenters. The van der Waals surface area contributed by atoms with E-state index in [2.05, 4.69) is 4.98 Å². The van der Waals surface area contributed by atoms with Crippen LogP contribution in [-0.2, 0) is 0 Å². The van der Waals surface area contributed by atoms with Crippen molar-refractivity contribution in [2.24, 2.45) is 0 Å². The molecule has 22 heavy (non-hydrogen) atoms. The molecule has 1 aromatic carbocycles. The summed E-state index contributed by atoms with van der Waals surface area (Å²) in [5.74, 6) is -0.207. The van der Waals surface area contributed by atoms with Gasteiger partial charge in [0.2, 0.25) is 0 Å². The summed E-state index contributed by atoms with van der Waals surface area (Å²) < 4.78 is 0. The average Bonchev–Trinajstić information content (AvgIpc) is 2.53. The normalized spacial score (nSPS) is 12.0. The van der Waals surface area contributed by atoms with Crippen molar-refractivity contribution in [3.8, 4) is 0 Å². The predicted octanol–water partition coefficient (Wildman–Crippen LogP) is 3.24. The fourth-order valence-electron chi connectivity index (χ4n) is 2.18. The quantitative estimate of drug-likeness (QED) is 0.920. The predicted molar refractivity (Wildman–Crippen MR) is 87.0 cm³/mol. The number of pyridine rings is 1. The second-order valence-corrected chi connectivity index (χ2v) is 5.53. The van der Waals surface area contributed by atoms with Crippen LogP contribution < -0.4 is 0 Å². The number of halogens is 1. The van der Waals surface area contributed by atoms with Crippen LogP contribution in [0.2, 0.25) is 5.02 Å². The monoisotopic (exact) mass is 318 g/mol. The Kier molecular flexibility index (Phi) is 5.52. The molecule has 2 aromatic rings. The summed E-state index contributed by atoms with van der Waals surface area (Å²) in [5.41, 5.74) is 2.32. The molecule has 4 nitrogen and oxygen atoms in total. The van der Waals surface area contributed by atoms with Gasteiger partial charge in [0, 0.05) is 18.9 Å². The van der Waals surface area contributed by atoms with Crippen molar-refractivity contribution >= 4 is 17.5 Å². The Hall–Kier alpha value is -1.91. The number of aliphatic hydroxyl groups is 1. The van der Waals surface area contributed by atoms with E-state index in [0.29, 0.717) is 17.1 Å². The van der Waals surface area contributed by atoms with Crippen molar-refractivity contribution in [2.45, 2.75) is 20.0 Å². The van der Waals surface area contributed by atoms with E-state index >= 15 is 0 Å². The molecule has 1 heterocycles. The summed E-state index contributed by atoms with van der Waals surface area (Å²) in [6, 6.07) is 9.22. The number of hydrogen-bond donors (Lipinski definition) is 1. The molecule has 0 aliphatic carbocycles. The van der Waals surface area contributed by atoms with Crippen LogP contribution >= 0.6 is 11.6 Å². The Morgan fingerprint density at radius 1 is 1.32 bits per heavy atom. The highest BCUT2D eigenvalue weighted by atomic mass is 35.5. The Labute approximate surface area is 135 Å². The number of carbonyl (C=O) groups excluding carboxylic acids is 1. The fourth-order valence-corrected chi connectivity index (χ4v) is 2.38. The summed E-state index contributed by atoms with van der Waals surface area (Å²) in [6.45, 7) is 4.57. The maximum Gasteiger partial charge on any atom is 0.255 e. The molecule has 1 N–H and O–H groups in total. The standard InChI is InChI=1S/C17H19ClN2O2/c1-3-20(17(22)14-8-9-19-10-15(14)18)11-16(21)13-6-4-12(2)5-7-13/h4-10,16,21H,3,11H2,1-2H3. The number of amides is 1. The van der Waals surface area contributed by atoms with Gasteiger partial charge in [0.15, 0.2) is 0 Å². The van der Waals surface area contributed by atoms with E-state index in [0.717, 1.165) is 11.1 Å². The zero-order chi connectivity index (χ0) is 16.1. The third-order valence-electron chi connectivity index (χ3n) is 3.53. The Bertz CT molecular complexity index is 643. The van der Waals surface area contributed by atoms with Crippen LogP contribution in [0.3, 0.4) is 0 Å². The fraction of sp³-hybridized carbons (Fsp3) is 0.294. The number of aryl methyl sites for hydroxylation is 1. The maximum absolute atomic E-state index is 12.5. The van der Waals surface area contributed by atoms with Gasteiger partial charge in [0.25, 0.3) is 5.91 Å². The smallest absolute Gasteiger partial charge is 0.255 e. The van der Waals surface area contributed by atoms with E-state index in [1.165, 1.54) is 12.4 Å². The summed E-state index contributed by atoms with van der Waals surface area (Å²) in [5, 5.41) is 10.7. The van der Waals surface area contributed by atoms with Gasteiger partial charge in [-0.25, -0.2) is 0 Å². The van der Waals surface area contributed by atoms with Crippen LogP contribution in [0.4, 0.5) is 0 Å². The van der Waals surface area contributed by atoms with Gasteiger partial charge in [0.1, 0.15) is 0 Å². The largest absolute Gasteiger partial charge is 0.387 e. The van der Waals surface area contributed by atoms with Crippen LogP contribution in [0.25, 0.3) is 0 Å². The molecule has 0 aliphatic heterocycles. The van der Waals surface area contributed by atoms with Crippen molar-refractivity contribution in [2.75, 3.05) is 13.1 Å². The molecule has 1 aromatic heterocycles. The molecule has 2 rings (SSSR count). The first kappa shape index (κ1) is 16.5. The van der Waals surface area contributed by atoms with E-state index in [4.69, 9.17) is 11.6 Å². The second kappa shape index (κ2) is 7.38. The number of aromatic nitrogens is 1. The van der Waals surface area contributed by atoms with Crippen molar-refractivity contribution in [3.05, 3.63) is 64.4 Å². The molecule has 5 heteroatoms. The Morgan fingerprint density at radius 2 is 2.00 bits per heavy atom. The minimum atomic E-state index is -0.731. The maximum atomic E-state index is 12.5. The van der Waals surface area contributed by atoms with E-state index in [1.807, 2.05) is 38.1 Å².